The number of hydrogen-bond donors (Lipinski definition) is 0. The average Bonchev–Trinajstić information content (AvgIpc) is 3.39. The molecule has 0 atom stereocenters. The maximum Gasteiger partial charge on any atom is 0.534 e. The van der Waals surface area contributed by atoms with Gasteiger partial charge in [0.25, 0.3) is 11.8 Å². The molecule has 0 N–H and O–H groups in total. The maximum absolute atomic E-state index is 12.4. The molecule has 0 aliphatic carbocycles. The third kappa shape index (κ3) is 26.3. The van der Waals surface area contributed by atoms with E-state index in [0.29, 0.717) is 5.06 Å². The van der Waals surface area contributed by atoms with E-state index in [1.54, 1.807) is 0 Å². The minimum Gasteiger partial charge on any atom is -0.429 e. The Morgan fingerprint density at radius 2 is 0.896 bits per heavy atom. The lowest BCUT2D eigenvalue weighted by molar-refractivity contribution is -0.178. The number of hydrogen-bond acceptors (Lipinski definition) is 5. The zero-order valence-corrected chi connectivity index (χ0v) is 31.0. The lowest BCUT2D eigenvalue weighted by atomic mass is 10.0. The summed E-state index contributed by atoms with van der Waals surface area (Å²) in [7, 11) is 0. The average molecular weight is 670 g/mol. The molecule has 1 aliphatic heterocycles. The van der Waals surface area contributed by atoms with E-state index in [1.807, 2.05) is 0 Å². The number of carbonyl (C=O) groups is 3. The molecule has 1 saturated heterocycles. The van der Waals surface area contributed by atoms with Crippen LogP contribution in [0.25, 0.3) is 0 Å². The number of imide groups is 1. The van der Waals surface area contributed by atoms with Crippen LogP contribution in [0.15, 0.2) is 48.6 Å². The first-order chi connectivity index (χ1) is 23.6. The number of nitrogens with zero attached hydrogens (tertiary/aromatic N) is 1. The lowest BCUT2D eigenvalue weighted by Gasteiger charge is -2.19. The summed E-state index contributed by atoms with van der Waals surface area (Å²) in [5.41, 5.74) is 0. The van der Waals surface area contributed by atoms with Crippen molar-refractivity contribution in [2.75, 3.05) is 0 Å². The van der Waals surface area contributed by atoms with Gasteiger partial charge in [0.15, 0.2) is 0 Å². The Morgan fingerprint density at radius 1 is 0.542 bits per heavy atom. The van der Waals surface area contributed by atoms with Crippen molar-refractivity contribution >= 4 is 18.0 Å². The van der Waals surface area contributed by atoms with Crippen LogP contribution in [-0.2, 0) is 19.2 Å². The van der Waals surface area contributed by atoms with Gasteiger partial charge in [0.05, 0.1) is 0 Å². The fourth-order valence-electron chi connectivity index (χ4n) is 5.87. The summed E-state index contributed by atoms with van der Waals surface area (Å²) in [5, 5.41) is 0.570. The zero-order valence-electron chi connectivity index (χ0n) is 31.0. The van der Waals surface area contributed by atoms with E-state index in [2.05, 4.69) is 62.5 Å². The highest BCUT2D eigenvalue weighted by Gasteiger charge is 2.34. The molecule has 1 heterocycles. The highest BCUT2D eigenvalue weighted by molar-refractivity contribution is 6.01. The van der Waals surface area contributed by atoms with E-state index in [1.165, 1.54) is 103 Å². The standard InChI is InChI=1S/C42H71NO5/c1-3-5-7-9-11-13-15-17-19-21-23-25-27-29-31-33-35-39(47-42(46)48-43-40(44)37-38-41(43)45)36-34-32-30-28-26-24-22-20-18-16-14-12-10-8-6-4-2/h11-14,17-20,39H,3-10,15-16,21-38H2,1-2H3/b13-11-,14-12-,19-17-,20-18-. The summed E-state index contributed by atoms with van der Waals surface area (Å²) in [6.45, 7) is 4.48. The Bertz CT molecular complexity index is 857. The molecule has 274 valence electrons. The zero-order chi connectivity index (χ0) is 34.8. The van der Waals surface area contributed by atoms with Crippen LogP contribution in [0.5, 0.6) is 0 Å². The van der Waals surface area contributed by atoms with Crippen molar-refractivity contribution in [3.8, 4) is 0 Å². The summed E-state index contributed by atoms with van der Waals surface area (Å²) in [6, 6.07) is 0. The summed E-state index contributed by atoms with van der Waals surface area (Å²) in [6.07, 6.45) is 47.5. The van der Waals surface area contributed by atoms with Crippen LogP contribution >= 0.6 is 0 Å². The molecule has 0 aromatic rings. The van der Waals surface area contributed by atoms with E-state index in [4.69, 9.17) is 9.57 Å². The summed E-state index contributed by atoms with van der Waals surface area (Å²) < 4.78 is 5.63. The van der Waals surface area contributed by atoms with Gasteiger partial charge in [-0.1, -0.05) is 145 Å². The fraction of sp³-hybridized carbons (Fsp3) is 0.738. The van der Waals surface area contributed by atoms with E-state index >= 15 is 0 Å². The topological polar surface area (TPSA) is 72.9 Å². The molecule has 0 aromatic carbocycles. The third-order valence-corrected chi connectivity index (χ3v) is 8.89. The van der Waals surface area contributed by atoms with Gasteiger partial charge in [-0.2, -0.15) is 0 Å². The Labute approximate surface area is 294 Å². The second-order valence-electron chi connectivity index (χ2n) is 13.4. The Morgan fingerprint density at radius 3 is 1.29 bits per heavy atom. The van der Waals surface area contributed by atoms with E-state index in [9.17, 15) is 14.4 Å². The molecule has 1 fully saturated rings. The predicted octanol–water partition coefficient (Wildman–Crippen LogP) is 13.0. The molecule has 6 heteroatoms. The number of carbonyl (C=O) groups excluding carboxylic acids is 3. The van der Waals surface area contributed by atoms with Crippen molar-refractivity contribution in [3.63, 3.8) is 0 Å². The molecule has 1 aliphatic rings. The van der Waals surface area contributed by atoms with Gasteiger partial charge in [-0.25, -0.2) is 4.79 Å². The number of ether oxygens (including phenoxy) is 1. The molecular weight excluding hydrogens is 598 g/mol. The van der Waals surface area contributed by atoms with Crippen LogP contribution in [0.2, 0.25) is 0 Å². The van der Waals surface area contributed by atoms with Gasteiger partial charge in [0, 0.05) is 12.8 Å². The van der Waals surface area contributed by atoms with Crippen molar-refractivity contribution in [1.29, 1.82) is 0 Å². The predicted molar refractivity (Wildman–Crippen MR) is 200 cm³/mol. The van der Waals surface area contributed by atoms with E-state index in [0.717, 1.165) is 64.2 Å². The summed E-state index contributed by atoms with van der Waals surface area (Å²) in [5.74, 6) is -0.965. The largest absolute Gasteiger partial charge is 0.534 e. The maximum atomic E-state index is 12.4. The molecule has 6 nitrogen and oxygen atoms in total. The van der Waals surface area contributed by atoms with Crippen LogP contribution in [0, 0.1) is 0 Å². The van der Waals surface area contributed by atoms with Crippen LogP contribution < -0.4 is 0 Å². The quantitative estimate of drug-likeness (QED) is 0.0308. The molecule has 0 aromatic heterocycles. The first-order valence-corrected chi connectivity index (χ1v) is 19.9. The van der Waals surface area contributed by atoms with Crippen LogP contribution in [0.3, 0.4) is 0 Å². The number of amides is 2. The van der Waals surface area contributed by atoms with Gasteiger partial charge < -0.3 is 4.74 Å². The molecule has 2 amide bonds. The molecule has 0 bridgehead atoms. The molecule has 1 rings (SSSR count). The van der Waals surface area contributed by atoms with Crippen molar-refractivity contribution in [1.82, 2.24) is 5.06 Å². The van der Waals surface area contributed by atoms with Gasteiger partial charge >= 0.3 is 6.16 Å². The molecule has 0 radical (unpaired) electrons. The molecule has 0 unspecified atom stereocenters. The van der Waals surface area contributed by atoms with Crippen molar-refractivity contribution in [3.05, 3.63) is 48.6 Å². The van der Waals surface area contributed by atoms with Crippen molar-refractivity contribution in [2.45, 2.75) is 200 Å². The monoisotopic (exact) mass is 670 g/mol. The molecule has 0 saturated carbocycles. The Hall–Kier alpha value is -2.63. The summed E-state index contributed by atoms with van der Waals surface area (Å²) in [4.78, 5) is 41.1. The normalized spacial score (nSPS) is 13.9. The van der Waals surface area contributed by atoms with Crippen LogP contribution in [-0.4, -0.2) is 29.1 Å². The van der Waals surface area contributed by atoms with Gasteiger partial charge in [0.2, 0.25) is 0 Å². The molecular formula is C42H71NO5. The number of rotatable bonds is 32. The molecule has 48 heavy (non-hydrogen) atoms. The second kappa shape index (κ2) is 32.9. The van der Waals surface area contributed by atoms with Gasteiger partial charge in [0.1, 0.15) is 6.10 Å². The Kier molecular flexibility index (Phi) is 29.7. The SMILES string of the molecule is CCCCC/C=C\C/C=C\CCCCCCCCC(CCCCCCCC/C=C\C/C=C\CCCCC)OC(=O)ON1C(=O)CCC1=O. The summed E-state index contributed by atoms with van der Waals surface area (Å²) >= 11 is 0. The first-order valence-electron chi connectivity index (χ1n) is 19.9. The molecule has 0 spiro atoms. The minimum absolute atomic E-state index is 0.0786. The number of hydroxylamine groups is 2. The fourth-order valence-corrected chi connectivity index (χ4v) is 5.87. The smallest absolute Gasteiger partial charge is 0.429 e. The van der Waals surface area contributed by atoms with Crippen molar-refractivity contribution < 1.29 is 24.0 Å². The highest BCUT2D eigenvalue weighted by Crippen LogP contribution is 2.19. The van der Waals surface area contributed by atoms with Gasteiger partial charge in [-0.3, -0.25) is 14.4 Å². The first kappa shape index (κ1) is 43.4. The third-order valence-electron chi connectivity index (χ3n) is 8.89. The lowest BCUT2D eigenvalue weighted by Crippen LogP contribution is -2.33. The number of unbranched alkanes of at least 4 members (excludes halogenated alkanes) is 18. The number of allylic oxidation sites excluding steroid dienone is 8. The van der Waals surface area contributed by atoms with Gasteiger partial charge in [-0.05, 0) is 89.9 Å². The van der Waals surface area contributed by atoms with E-state index in [-0.39, 0.29) is 18.9 Å². The highest BCUT2D eigenvalue weighted by atomic mass is 16.8. The van der Waals surface area contributed by atoms with Crippen LogP contribution in [0.1, 0.15) is 194 Å². The minimum atomic E-state index is -0.941. The van der Waals surface area contributed by atoms with Crippen LogP contribution in [0.4, 0.5) is 4.79 Å². The van der Waals surface area contributed by atoms with Gasteiger partial charge in [-0.15, -0.1) is 0 Å². The van der Waals surface area contributed by atoms with Crippen molar-refractivity contribution in [2.24, 2.45) is 0 Å². The Balaban J connectivity index is 2.21. The second-order valence-corrected chi connectivity index (χ2v) is 13.4. The van der Waals surface area contributed by atoms with E-state index < -0.39 is 18.0 Å².